The van der Waals surface area contributed by atoms with Gasteiger partial charge in [0.1, 0.15) is 5.92 Å². The van der Waals surface area contributed by atoms with E-state index in [4.69, 9.17) is 9.47 Å². The van der Waals surface area contributed by atoms with E-state index >= 15 is 0 Å². The molecule has 2 atom stereocenters. The van der Waals surface area contributed by atoms with Crippen LogP contribution in [0.15, 0.2) is 34.9 Å². The van der Waals surface area contributed by atoms with Crippen molar-refractivity contribution in [2.45, 2.75) is 19.8 Å². The highest BCUT2D eigenvalue weighted by Crippen LogP contribution is 2.40. The minimum Gasteiger partial charge on any atom is -0.468 e. The smallest absolute Gasteiger partial charge is 0.319 e. The number of carbonyl (C=O) groups is 3. The Morgan fingerprint density at radius 1 is 1.30 bits per heavy atom. The van der Waals surface area contributed by atoms with Crippen LogP contribution in [-0.4, -0.2) is 37.3 Å². The molecule has 1 aliphatic heterocycles. The fourth-order valence-corrected chi connectivity index (χ4v) is 3.63. The number of amides is 1. The normalized spacial score (nSPS) is 19.1. The first-order valence-electron chi connectivity index (χ1n) is 8.30. The largest absolute Gasteiger partial charge is 0.468 e. The number of thioether (sulfide) groups is 1. The van der Waals surface area contributed by atoms with E-state index < -0.39 is 29.7 Å². The molecule has 1 heterocycles. The lowest BCUT2D eigenvalue weighted by atomic mass is 9.78. The summed E-state index contributed by atoms with van der Waals surface area (Å²) in [5, 5.41) is 12.5. The molecular formula is C19H20N2O5S. The number of esters is 2. The Hall–Kier alpha value is -2.79. The first kappa shape index (κ1) is 20.5. The minimum absolute atomic E-state index is 0.0574. The summed E-state index contributed by atoms with van der Waals surface area (Å²) in [5.74, 6) is -3.78. The van der Waals surface area contributed by atoms with Crippen molar-refractivity contribution in [2.75, 3.05) is 19.5 Å². The van der Waals surface area contributed by atoms with E-state index in [2.05, 4.69) is 11.4 Å². The molecule has 2 rings (SSSR count). The number of rotatable bonds is 6. The van der Waals surface area contributed by atoms with Gasteiger partial charge in [0, 0.05) is 5.92 Å². The zero-order valence-electron chi connectivity index (χ0n) is 15.3. The molecular weight excluding hydrogens is 368 g/mol. The van der Waals surface area contributed by atoms with Crippen LogP contribution in [0.1, 0.15) is 24.0 Å². The van der Waals surface area contributed by atoms with E-state index in [0.717, 1.165) is 17.3 Å². The van der Waals surface area contributed by atoms with Crippen molar-refractivity contribution >= 4 is 29.6 Å². The van der Waals surface area contributed by atoms with Crippen LogP contribution >= 0.6 is 11.8 Å². The second kappa shape index (κ2) is 9.24. The van der Waals surface area contributed by atoms with E-state index in [1.54, 1.807) is 19.1 Å². The molecule has 0 fully saturated rings. The molecule has 1 aromatic carbocycles. The lowest BCUT2D eigenvalue weighted by Gasteiger charge is -2.30. The van der Waals surface area contributed by atoms with Gasteiger partial charge in [-0.1, -0.05) is 41.6 Å². The Morgan fingerprint density at radius 2 is 1.96 bits per heavy atom. The molecule has 142 valence electrons. The number of methoxy groups -OCH3 is 1. The van der Waals surface area contributed by atoms with Gasteiger partial charge in [0.15, 0.2) is 0 Å². The second-order valence-electron chi connectivity index (χ2n) is 5.83. The zero-order valence-corrected chi connectivity index (χ0v) is 16.1. The summed E-state index contributed by atoms with van der Waals surface area (Å²) in [5.41, 5.74) is 1.87. The summed E-state index contributed by atoms with van der Waals surface area (Å²) >= 11 is 1.00. The van der Waals surface area contributed by atoms with E-state index in [1.165, 1.54) is 7.11 Å². The molecule has 7 nitrogen and oxygen atoms in total. The quantitative estimate of drug-likeness (QED) is 0.587. The Balaban J connectivity index is 2.48. The van der Waals surface area contributed by atoms with Crippen LogP contribution in [-0.2, 0) is 23.9 Å². The van der Waals surface area contributed by atoms with Crippen LogP contribution in [0, 0.1) is 24.2 Å². The molecule has 0 unspecified atom stereocenters. The Morgan fingerprint density at radius 3 is 2.52 bits per heavy atom. The summed E-state index contributed by atoms with van der Waals surface area (Å²) in [6, 6.07) is 9.33. The average Bonchev–Trinajstić information content (AvgIpc) is 2.66. The van der Waals surface area contributed by atoms with Crippen molar-refractivity contribution in [3.05, 3.63) is 46.0 Å². The number of ether oxygens (including phenoxy) is 2. The van der Waals surface area contributed by atoms with Crippen molar-refractivity contribution in [1.29, 1.82) is 5.26 Å². The standard InChI is InChI=1S/C19H20N2O5S/c1-4-26-14(22)10-27-18-13(9-20)15(12-7-5-11(2)6-8-12)16(17(23)21-18)19(24)25-3/h5-8,15-16H,4,10H2,1-3H3,(H,21,23)/t15-,16+/m0/s1. The first-order valence-corrected chi connectivity index (χ1v) is 9.29. The molecule has 0 spiro atoms. The van der Waals surface area contributed by atoms with Crippen molar-refractivity contribution in [1.82, 2.24) is 5.32 Å². The van der Waals surface area contributed by atoms with Crippen LogP contribution in [0.2, 0.25) is 0 Å². The van der Waals surface area contributed by atoms with E-state index in [9.17, 15) is 19.6 Å². The maximum atomic E-state index is 12.6. The zero-order chi connectivity index (χ0) is 20.0. The number of benzene rings is 1. The van der Waals surface area contributed by atoms with Gasteiger partial charge in [0.05, 0.1) is 36.1 Å². The van der Waals surface area contributed by atoms with E-state index in [-0.39, 0.29) is 23.0 Å². The molecule has 0 saturated carbocycles. The topological polar surface area (TPSA) is 105 Å². The van der Waals surface area contributed by atoms with Crippen molar-refractivity contribution in [3.8, 4) is 6.07 Å². The van der Waals surface area contributed by atoms with Gasteiger partial charge in [-0.15, -0.1) is 0 Å². The van der Waals surface area contributed by atoms with Gasteiger partial charge < -0.3 is 14.8 Å². The molecule has 1 aliphatic rings. The lowest BCUT2D eigenvalue weighted by molar-refractivity contribution is -0.150. The van der Waals surface area contributed by atoms with Gasteiger partial charge in [0.25, 0.3) is 0 Å². The summed E-state index contributed by atoms with van der Waals surface area (Å²) in [6.07, 6.45) is 0. The molecule has 1 N–H and O–H groups in total. The predicted molar refractivity (Wildman–Crippen MR) is 99.3 cm³/mol. The Kier molecular flexibility index (Phi) is 7.02. The number of aryl methyl sites for hydroxylation is 1. The number of nitriles is 1. The SMILES string of the molecule is CCOC(=O)CSC1=C(C#N)[C@H](c2ccc(C)cc2)[C@@H](C(=O)OC)C(=O)N1. The van der Waals surface area contributed by atoms with Gasteiger partial charge in [-0.05, 0) is 19.4 Å². The Bertz CT molecular complexity index is 810. The monoisotopic (exact) mass is 388 g/mol. The van der Waals surface area contributed by atoms with Gasteiger partial charge >= 0.3 is 11.9 Å². The summed E-state index contributed by atoms with van der Waals surface area (Å²) in [7, 11) is 1.20. The number of nitrogens with zero attached hydrogens (tertiary/aromatic N) is 1. The molecule has 1 aromatic rings. The number of hydrogen-bond donors (Lipinski definition) is 1. The molecule has 0 radical (unpaired) electrons. The third-order valence-corrected chi connectivity index (χ3v) is 5.05. The first-order chi connectivity index (χ1) is 12.9. The summed E-state index contributed by atoms with van der Waals surface area (Å²) in [6.45, 7) is 3.85. The highest BCUT2D eigenvalue weighted by atomic mass is 32.2. The van der Waals surface area contributed by atoms with E-state index in [0.29, 0.717) is 5.56 Å². The van der Waals surface area contributed by atoms with Gasteiger partial charge in [-0.2, -0.15) is 5.26 Å². The molecule has 8 heteroatoms. The molecule has 27 heavy (non-hydrogen) atoms. The highest BCUT2D eigenvalue weighted by molar-refractivity contribution is 8.03. The number of allylic oxidation sites excluding steroid dienone is 1. The number of nitrogens with one attached hydrogen (secondary N) is 1. The van der Waals surface area contributed by atoms with Crippen LogP contribution in [0.25, 0.3) is 0 Å². The maximum absolute atomic E-state index is 12.6. The number of carbonyl (C=O) groups excluding carboxylic acids is 3. The Labute approximate surface area is 161 Å². The lowest BCUT2D eigenvalue weighted by Crippen LogP contribution is -2.44. The van der Waals surface area contributed by atoms with Crippen LogP contribution < -0.4 is 5.32 Å². The fourth-order valence-electron chi connectivity index (χ4n) is 2.79. The van der Waals surface area contributed by atoms with Crippen LogP contribution in [0.3, 0.4) is 0 Å². The predicted octanol–water partition coefficient (Wildman–Crippen LogP) is 2.03. The molecule has 1 amide bonds. The van der Waals surface area contributed by atoms with E-state index in [1.807, 2.05) is 19.1 Å². The van der Waals surface area contributed by atoms with Gasteiger partial charge in [-0.3, -0.25) is 14.4 Å². The van der Waals surface area contributed by atoms with Crippen LogP contribution in [0.5, 0.6) is 0 Å². The van der Waals surface area contributed by atoms with Gasteiger partial charge in [0.2, 0.25) is 5.91 Å². The van der Waals surface area contributed by atoms with Gasteiger partial charge in [-0.25, -0.2) is 0 Å². The fraction of sp³-hybridized carbons (Fsp3) is 0.368. The molecule has 0 aromatic heterocycles. The molecule has 0 saturated heterocycles. The van der Waals surface area contributed by atoms with Crippen molar-refractivity contribution in [2.24, 2.45) is 5.92 Å². The average molecular weight is 388 g/mol. The van der Waals surface area contributed by atoms with Crippen molar-refractivity contribution < 1.29 is 23.9 Å². The molecule has 0 bridgehead atoms. The third-order valence-electron chi connectivity index (χ3n) is 4.06. The summed E-state index contributed by atoms with van der Waals surface area (Å²) < 4.78 is 9.66. The molecule has 0 aliphatic carbocycles. The highest BCUT2D eigenvalue weighted by Gasteiger charge is 2.44. The summed E-state index contributed by atoms with van der Waals surface area (Å²) in [4.78, 5) is 36.5. The second-order valence-corrected chi connectivity index (χ2v) is 6.81. The minimum atomic E-state index is -1.18. The number of hydrogen-bond acceptors (Lipinski definition) is 7. The third kappa shape index (κ3) is 4.68. The van der Waals surface area contributed by atoms with Crippen LogP contribution in [0.4, 0.5) is 0 Å². The maximum Gasteiger partial charge on any atom is 0.319 e. The van der Waals surface area contributed by atoms with Crippen molar-refractivity contribution in [3.63, 3.8) is 0 Å².